The van der Waals surface area contributed by atoms with Crippen LogP contribution < -0.4 is 4.74 Å². The van der Waals surface area contributed by atoms with Crippen LogP contribution in [0.1, 0.15) is 15.9 Å². The summed E-state index contributed by atoms with van der Waals surface area (Å²) in [5, 5.41) is 18.3. The lowest BCUT2D eigenvalue weighted by Crippen LogP contribution is -2.02. The minimum Gasteiger partial charge on any atom is -0.504 e. The van der Waals surface area contributed by atoms with Gasteiger partial charge in [0, 0.05) is 6.42 Å². The fourth-order valence-electron chi connectivity index (χ4n) is 1.67. The Kier molecular flexibility index (Phi) is 4.03. The summed E-state index contributed by atoms with van der Waals surface area (Å²) >= 11 is 0. The third kappa shape index (κ3) is 3.48. The number of carbonyl (C=O) groups is 1. The summed E-state index contributed by atoms with van der Waals surface area (Å²) < 4.78 is 5.45. The predicted molar refractivity (Wildman–Crippen MR) is 70.7 cm³/mol. The molecule has 4 nitrogen and oxygen atoms in total. The van der Waals surface area contributed by atoms with E-state index in [0.717, 1.165) is 5.56 Å². The third-order valence-corrected chi connectivity index (χ3v) is 2.71. The van der Waals surface area contributed by atoms with Crippen LogP contribution in [0.15, 0.2) is 48.5 Å². The van der Waals surface area contributed by atoms with E-state index in [4.69, 9.17) is 9.84 Å². The first kappa shape index (κ1) is 13.0. The highest BCUT2D eigenvalue weighted by Crippen LogP contribution is 2.24. The summed E-state index contributed by atoms with van der Waals surface area (Å²) in [6.07, 6.45) is 0.647. The average Bonchev–Trinajstić information content (AvgIpc) is 2.41. The molecule has 0 fully saturated rings. The van der Waals surface area contributed by atoms with Gasteiger partial charge in [0.1, 0.15) is 0 Å². The number of phenolic OH excluding ortho intramolecular Hbond substituents is 1. The monoisotopic (exact) mass is 258 g/mol. The van der Waals surface area contributed by atoms with Gasteiger partial charge in [-0.05, 0) is 29.8 Å². The van der Waals surface area contributed by atoms with E-state index < -0.39 is 5.97 Å². The van der Waals surface area contributed by atoms with Crippen LogP contribution in [-0.4, -0.2) is 22.8 Å². The smallest absolute Gasteiger partial charge is 0.335 e. The standard InChI is InChI=1S/C15H14O4/c16-13-3-1-2-4-14(13)19-10-9-11-5-7-12(8-6-11)15(17)18/h1-8,16H,9-10H2,(H,17,18). The van der Waals surface area contributed by atoms with Gasteiger partial charge in [0.2, 0.25) is 0 Å². The Morgan fingerprint density at radius 1 is 1.05 bits per heavy atom. The highest BCUT2D eigenvalue weighted by Gasteiger charge is 2.03. The van der Waals surface area contributed by atoms with Crippen LogP contribution in [0.2, 0.25) is 0 Å². The topological polar surface area (TPSA) is 66.8 Å². The second kappa shape index (κ2) is 5.91. The molecule has 2 rings (SSSR count). The summed E-state index contributed by atoms with van der Waals surface area (Å²) in [7, 11) is 0. The molecule has 0 heterocycles. The molecule has 0 aliphatic heterocycles. The van der Waals surface area contributed by atoms with E-state index in [1.807, 2.05) is 0 Å². The van der Waals surface area contributed by atoms with Crippen molar-refractivity contribution in [3.05, 3.63) is 59.7 Å². The number of hydrogen-bond donors (Lipinski definition) is 2. The molecule has 2 aromatic rings. The zero-order chi connectivity index (χ0) is 13.7. The molecule has 4 heteroatoms. The lowest BCUT2D eigenvalue weighted by molar-refractivity contribution is 0.0697. The van der Waals surface area contributed by atoms with Crippen LogP contribution >= 0.6 is 0 Å². The van der Waals surface area contributed by atoms with Gasteiger partial charge in [0.15, 0.2) is 11.5 Å². The molecule has 0 saturated carbocycles. The van der Waals surface area contributed by atoms with Crippen molar-refractivity contribution in [2.24, 2.45) is 0 Å². The maximum absolute atomic E-state index is 10.7. The van der Waals surface area contributed by atoms with E-state index in [2.05, 4.69) is 0 Å². The van der Waals surface area contributed by atoms with E-state index in [0.29, 0.717) is 18.8 Å². The van der Waals surface area contributed by atoms with Gasteiger partial charge in [-0.25, -0.2) is 4.79 Å². The first-order valence-corrected chi connectivity index (χ1v) is 5.90. The molecule has 2 aromatic carbocycles. The van der Waals surface area contributed by atoms with Gasteiger partial charge >= 0.3 is 5.97 Å². The fourth-order valence-corrected chi connectivity index (χ4v) is 1.67. The first-order chi connectivity index (χ1) is 9.16. The maximum Gasteiger partial charge on any atom is 0.335 e. The van der Waals surface area contributed by atoms with Crippen molar-refractivity contribution in [3.8, 4) is 11.5 Å². The van der Waals surface area contributed by atoms with E-state index in [1.165, 1.54) is 0 Å². The minimum absolute atomic E-state index is 0.115. The number of aromatic carboxylic acids is 1. The molecule has 0 bridgehead atoms. The average molecular weight is 258 g/mol. The summed E-state index contributed by atoms with van der Waals surface area (Å²) in [6.45, 7) is 0.421. The van der Waals surface area contributed by atoms with E-state index in [-0.39, 0.29) is 11.3 Å². The summed E-state index contributed by atoms with van der Waals surface area (Å²) in [6, 6.07) is 13.4. The zero-order valence-corrected chi connectivity index (χ0v) is 10.2. The molecule has 0 radical (unpaired) electrons. The highest BCUT2D eigenvalue weighted by atomic mass is 16.5. The number of carboxylic acid groups (broad SMARTS) is 1. The molecular formula is C15H14O4. The molecule has 19 heavy (non-hydrogen) atoms. The number of hydrogen-bond acceptors (Lipinski definition) is 3. The van der Waals surface area contributed by atoms with Crippen LogP contribution in [0.5, 0.6) is 11.5 Å². The Morgan fingerprint density at radius 3 is 2.37 bits per heavy atom. The zero-order valence-electron chi connectivity index (χ0n) is 10.2. The quantitative estimate of drug-likeness (QED) is 0.865. The van der Waals surface area contributed by atoms with Gasteiger partial charge in [-0.15, -0.1) is 0 Å². The van der Waals surface area contributed by atoms with Crippen molar-refractivity contribution in [2.45, 2.75) is 6.42 Å². The van der Waals surface area contributed by atoms with Crippen molar-refractivity contribution in [2.75, 3.05) is 6.61 Å². The van der Waals surface area contributed by atoms with Crippen molar-refractivity contribution in [1.82, 2.24) is 0 Å². The van der Waals surface area contributed by atoms with Crippen molar-refractivity contribution < 1.29 is 19.7 Å². The van der Waals surface area contributed by atoms with E-state index in [9.17, 15) is 9.90 Å². The Labute approximate surface area is 110 Å². The molecule has 0 saturated heterocycles. The Balaban J connectivity index is 1.89. The summed E-state index contributed by atoms with van der Waals surface area (Å²) in [4.78, 5) is 10.7. The van der Waals surface area contributed by atoms with Crippen molar-refractivity contribution in [1.29, 1.82) is 0 Å². The third-order valence-electron chi connectivity index (χ3n) is 2.71. The van der Waals surface area contributed by atoms with Crippen LogP contribution in [-0.2, 0) is 6.42 Å². The normalized spacial score (nSPS) is 10.1. The van der Waals surface area contributed by atoms with Crippen LogP contribution in [0, 0.1) is 0 Å². The number of carboxylic acids is 1. The number of benzene rings is 2. The van der Waals surface area contributed by atoms with E-state index >= 15 is 0 Å². The van der Waals surface area contributed by atoms with Gasteiger partial charge in [0.25, 0.3) is 0 Å². The van der Waals surface area contributed by atoms with E-state index in [1.54, 1.807) is 48.5 Å². The molecular weight excluding hydrogens is 244 g/mol. The molecule has 98 valence electrons. The Bertz CT molecular complexity index is 561. The molecule has 0 spiro atoms. The summed E-state index contributed by atoms with van der Waals surface area (Å²) in [5.41, 5.74) is 1.26. The summed E-state index contributed by atoms with van der Waals surface area (Å²) in [5.74, 6) is -0.370. The second-order valence-corrected chi connectivity index (χ2v) is 4.07. The fraction of sp³-hybridized carbons (Fsp3) is 0.133. The van der Waals surface area contributed by atoms with Crippen LogP contribution in [0.25, 0.3) is 0 Å². The van der Waals surface area contributed by atoms with Gasteiger partial charge in [-0.1, -0.05) is 24.3 Å². The van der Waals surface area contributed by atoms with Crippen LogP contribution in [0.3, 0.4) is 0 Å². The Hall–Kier alpha value is -2.49. The first-order valence-electron chi connectivity index (χ1n) is 5.90. The number of aromatic hydroxyl groups is 1. The van der Waals surface area contributed by atoms with Crippen molar-refractivity contribution in [3.63, 3.8) is 0 Å². The molecule has 0 aliphatic rings. The largest absolute Gasteiger partial charge is 0.504 e. The van der Waals surface area contributed by atoms with Gasteiger partial charge in [-0.3, -0.25) is 0 Å². The second-order valence-electron chi connectivity index (χ2n) is 4.07. The molecule has 2 N–H and O–H groups in total. The van der Waals surface area contributed by atoms with Gasteiger partial charge < -0.3 is 14.9 Å². The minimum atomic E-state index is -0.933. The van der Waals surface area contributed by atoms with Gasteiger partial charge in [-0.2, -0.15) is 0 Å². The highest BCUT2D eigenvalue weighted by molar-refractivity contribution is 5.87. The number of phenols is 1. The molecule has 0 unspecified atom stereocenters. The Morgan fingerprint density at radius 2 is 1.74 bits per heavy atom. The predicted octanol–water partition coefficient (Wildman–Crippen LogP) is 2.71. The maximum atomic E-state index is 10.7. The van der Waals surface area contributed by atoms with Crippen molar-refractivity contribution >= 4 is 5.97 Å². The molecule has 0 amide bonds. The van der Waals surface area contributed by atoms with Crippen LogP contribution in [0.4, 0.5) is 0 Å². The molecule has 0 atom stereocenters. The number of para-hydroxylation sites is 2. The SMILES string of the molecule is O=C(O)c1ccc(CCOc2ccccc2O)cc1. The number of rotatable bonds is 5. The lowest BCUT2D eigenvalue weighted by atomic mass is 10.1. The molecule has 0 aliphatic carbocycles. The lowest BCUT2D eigenvalue weighted by Gasteiger charge is -2.07. The number of ether oxygens (including phenoxy) is 1. The molecule has 0 aromatic heterocycles. The van der Waals surface area contributed by atoms with Gasteiger partial charge in [0.05, 0.1) is 12.2 Å².